The molecular formula is C12H21NO4. The van der Waals surface area contributed by atoms with Crippen LogP contribution in [-0.4, -0.2) is 28.8 Å². The Bertz CT molecular complexity index is 281. The van der Waals surface area contributed by atoms with Crippen LogP contribution in [0.1, 0.15) is 40.0 Å². The minimum atomic E-state index is -1.06. The molecule has 0 aromatic heterocycles. The van der Waals surface area contributed by atoms with Gasteiger partial charge in [-0.25, -0.2) is 9.59 Å². The van der Waals surface area contributed by atoms with E-state index < -0.39 is 23.7 Å². The number of aliphatic carboxylic acids is 1. The van der Waals surface area contributed by atoms with Crippen molar-refractivity contribution in [3.63, 3.8) is 0 Å². The van der Waals surface area contributed by atoms with Gasteiger partial charge in [0.25, 0.3) is 0 Å². The summed E-state index contributed by atoms with van der Waals surface area (Å²) in [4.78, 5) is 22.3. The summed E-state index contributed by atoms with van der Waals surface area (Å²) in [7, 11) is 0. The summed E-state index contributed by atoms with van der Waals surface area (Å²) in [5, 5.41) is 11.3. The SMILES string of the molecule is C=CCCC[C@H](NC(=O)OC(C)(C)C)C(=O)O. The van der Waals surface area contributed by atoms with Gasteiger partial charge in [-0.15, -0.1) is 6.58 Å². The first kappa shape index (κ1) is 15.5. The molecule has 0 aliphatic rings. The van der Waals surface area contributed by atoms with Gasteiger partial charge in [-0.05, 0) is 40.0 Å². The fourth-order valence-electron chi connectivity index (χ4n) is 1.17. The standard InChI is InChI=1S/C12H21NO4/c1-5-6-7-8-9(10(14)15)13-11(16)17-12(2,3)4/h5,9H,1,6-8H2,2-4H3,(H,13,16)(H,14,15)/t9-/m0/s1. The van der Waals surface area contributed by atoms with E-state index >= 15 is 0 Å². The number of carboxylic acids is 1. The highest BCUT2D eigenvalue weighted by Crippen LogP contribution is 2.08. The average molecular weight is 243 g/mol. The van der Waals surface area contributed by atoms with E-state index in [4.69, 9.17) is 9.84 Å². The van der Waals surface area contributed by atoms with Gasteiger partial charge >= 0.3 is 12.1 Å². The van der Waals surface area contributed by atoms with Crippen LogP contribution in [0.4, 0.5) is 4.79 Å². The van der Waals surface area contributed by atoms with Crippen LogP contribution in [0.25, 0.3) is 0 Å². The lowest BCUT2D eigenvalue weighted by molar-refractivity contribution is -0.139. The molecule has 5 heteroatoms. The number of alkyl carbamates (subject to hydrolysis) is 1. The van der Waals surface area contributed by atoms with Crippen LogP contribution in [0.15, 0.2) is 12.7 Å². The molecule has 0 aliphatic heterocycles. The molecule has 1 atom stereocenters. The molecule has 2 N–H and O–H groups in total. The molecule has 0 saturated heterocycles. The zero-order valence-electron chi connectivity index (χ0n) is 10.7. The fraction of sp³-hybridized carbons (Fsp3) is 0.667. The lowest BCUT2D eigenvalue weighted by Gasteiger charge is -2.21. The topological polar surface area (TPSA) is 75.6 Å². The first-order chi connectivity index (χ1) is 7.76. The summed E-state index contributed by atoms with van der Waals surface area (Å²) >= 11 is 0. The maximum atomic E-state index is 11.4. The van der Waals surface area contributed by atoms with E-state index in [0.717, 1.165) is 6.42 Å². The summed E-state index contributed by atoms with van der Waals surface area (Å²) in [6, 6.07) is -0.912. The van der Waals surface area contributed by atoms with Crippen LogP contribution >= 0.6 is 0 Å². The first-order valence-electron chi connectivity index (χ1n) is 5.59. The molecule has 1 amide bonds. The predicted octanol–water partition coefficient (Wildman–Crippen LogP) is 2.32. The fourth-order valence-corrected chi connectivity index (χ4v) is 1.17. The first-order valence-corrected chi connectivity index (χ1v) is 5.59. The number of hydrogen-bond acceptors (Lipinski definition) is 3. The second-order valence-electron chi connectivity index (χ2n) is 4.76. The van der Waals surface area contributed by atoms with Crippen molar-refractivity contribution in [2.45, 2.75) is 51.7 Å². The van der Waals surface area contributed by atoms with E-state index in [2.05, 4.69) is 11.9 Å². The van der Waals surface area contributed by atoms with Crippen molar-refractivity contribution < 1.29 is 19.4 Å². The number of ether oxygens (including phenoxy) is 1. The Labute approximate surface area is 102 Å². The second kappa shape index (κ2) is 6.93. The molecule has 0 heterocycles. The molecule has 17 heavy (non-hydrogen) atoms. The predicted molar refractivity (Wildman–Crippen MR) is 64.8 cm³/mol. The highest BCUT2D eigenvalue weighted by Gasteiger charge is 2.23. The maximum absolute atomic E-state index is 11.4. The molecule has 0 aromatic rings. The van der Waals surface area contributed by atoms with Crippen LogP contribution in [0.5, 0.6) is 0 Å². The summed E-state index contributed by atoms with van der Waals surface area (Å²) in [5.41, 5.74) is -0.631. The van der Waals surface area contributed by atoms with Crippen molar-refractivity contribution in [3.05, 3.63) is 12.7 Å². The number of nitrogens with one attached hydrogen (secondary N) is 1. The lowest BCUT2D eigenvalue weighted by Crippen LogP contribution is -2.43. The highest BCUT2D eigenvalue weighted by molar-refractivity contribution is 5.79. The Morgan fingerprint density at radius 2 is 2.06 bits per heavy atom. The molecule has 5 nitrogen and oxygen atoms in total. The third kappa shape index (κ3) is 8.30. The molecule has 0 bridgehead atoms. The van der Waals surface area contributed by atoms with E-state index in [0.29, 0.717) is 12.8 Å². The van der Waals surface area contributed by atoms with Gasteiger partial charge in [0.15, 0.2) is 0 Å². The van der Waals surface area contributed by atoms with E-state index in [1.807, 2.05) is 0 Å². The van der Waals surface area contributed by atoms with Gasteiger partial charge in [0.2, 0.25) is 0 Å². The van der Waals surface area contributed by atoms with Crippen LogP contribution in [0.3, 0.4) is 0 Å². The molecular weight excluding hydrogens is 222 g/mol. The van der Waals surface area contributed by atoms with Crippen molar-refractivity contribution in [3.8, 4) is 0 Å². The van der Waals surface area contributed by atoms with Crippen molar-refractivity contribution in [1.29, 1.82) is 0 Å². The molecule has 0 radical (unpaired) electrons. The minimum Gasteiger partial charge on any atom is -0.480 e. The number of carbonyl (C=O) groups excluding carboxylic acids is 1. The summed E-state index contributed by atoms with van der Waals surface area (Å²) in [6.07, 6.45) is 2.76. The Hall–Kier alpha value is -1.52. The van der Waals surface area contributed by atoms with Crippen molar-refractivity contribution in [2.75, 3.05) is 0 Å². The number of unbranched alkanes of at least 4 members (excludes halogenated alkanes) is 1. The third-order valence-corrected chi connectivity index (χ3v) is 1.89. The van der Waals surface area contributed by atoms with Crippen molar-refractivity contribution >= 4 is 12.1 Å². The molecule has 0 spiro atoms. The Kier molecular flexibility index (Phi) is 6.31. The summed E-state index contributed by atoms with van der Waals surface area (Å²) in [5.74, 6) is -1.06. The number of amides is 1. The van der Waals surface area contributed by atoms with Gasteiger partial charge in [0.1, 0.15) is 11.6 Å². The monoisotopic (exact) mass is 243 g/mol. The Balaban J connectivity index is 4.20. The maximum Gasteiger partial charge on any atom is 0.408 e. The molecule has 0 rings (SSSR count). The number of carboxylic acid groups (broad SMARTS) is 1. The van der Waals surface area contributed by atoms with E-state index in [1.165, 1.54) is 0 Å². The molecule has 0 aliphatic carbocycles. The van der Waals surface area contributed by atoms with Crippen molar-refractivity contribution in [2.24, 2.45) is 0 Å². The normalized spacial score (nSPS) is 12.6. The highest BCUT2D eigenvalue weighted by atomic mass is 16.6. The number of allylic oxidation sites excluding steroid dienone is 1. The lowest BCUT2D eigenvalue weighted by atomic mass is 10.1. The Morgan fingerprint density at radius 3 is 2.47 bits per heavy atom. The van der Waals surface area contributed by atoms with Gasteiger partial charge in [0, 0.05) is 0 Å². The van der Waals surface area contributed by atoms with Gasteiger partial charge in [-0.3, -0.25) is 0 Å². The largest absolute Gasteiger partial charge is 0.480 e. The zero-order valence-corrected chi connectivity index (χ0v) is 10.7. The van der Waals surface area contributed by atoms with Gasteiger partial charge < -0.3 is 15.2 Å². The smallest absolute Gasteiger partial charge is 0.408 e. The van der Waals surface area contributed by atoms with E-state index in [1.54, 1.807) is 26.8 Å². The number of hydrogen-bond donors (Lipinski definition) is 2. The number of carbonyl (C=O) groups is 2. The van der Waals surface area contributed by atoms with E-state index in [9.17, 15) is 9.59 Å². The average Bonchev–Trinajstić information content (AvgIpc) is 2.13. The molecule has 0 unspecified atom stereocenters. The molecule has 0 fully saturated rings. The second-order valence-corrected chi connectivity index (χ2v) is 4.76. The van der Waals surface area contributed by atoms with Crippen LogP contribution < -0.4 is 5.32 Å². The van der Waals surface area contributed by atoms with E-state index in [-0.39, 0.29) is 0 Å². The van der Waals surface area contributed by atoms with Crippen LogP contribution in [0.2, 0.25) is 0 Å². The third-order valence-electron chi connectivity index (χ3n) is 1.89. The summed E-state index contributed by atoms with van der Waals surface area (Å²) < 4.78 is 4.99. The minimum absolute atomic E-state index is 0.362. The van der Waals surface area contributed by atoms with Crippen LogP contribution in [0, 0.1) is 0 Å². The van der Waals surface area contributed by atoms with Crippen LogP contribution in [-0.2, 0) is 9.53 Å². The summed E-state index contributed by atoms with van der Waals surface area (Å²) in [6.45, 7) is 8.72. The van der Waals surface area contributed by atoms with Gasteiger partial charge in [-0.2, -0.15) is 0 Å². The Morgan fingerprint density at radius 1 is 1.47 bits per heavy atom. The van der Waals surface area contributed by atoms with Gasteiger partial charge in [0.05, 0.1) is 0 Å². The number of rotatable bonds is 6. The van der Waals surface area contributed by atoms with Crippen molar-refractivity contribution in [1.82, 2.24) is 5.32 Å². The zero-order chi connectivity index (χ0) is 13.5. The molecule has 0 saturated carbocycles. The molecule has 0 aromatic carbocycles. The van der Waals surface area contributed by atoms with Gasteiger partial charge in [-0.1, -0.05) is 6.08 Å². The molecule has 98 valence electrons. The quantitative estimate of drug-likeness (QED) is 0.554.